The summed E-state index contributed by atoms with van der Waals surface area (Å²) in [5.41, 5.74) is -0.0486. The molecule has 2 fully saturated rings. The van der Waals surface area contributed by atoms with Crippen LogP contribution in [0.15, 0.2) is 53.1 Å². The molecule has 8 nitrogen and oxygen atoms in total. The smallest absolute Gasteiger partial charge is 0.410 e. The second kappa shape index (κ2) is 8.33. The number of carbonyl (C=O) groups excluding carboxylic acids is 1. The number of ether oxygens (including phenoxy) is 3. The highest BCUT2D eigenvalue weighted by atomic mass is 79.9. The molecule has 1 amide bonds. The molecule has 1 unspecified atom stereocenters. The number of aromatic nitrogens is 1. The first-order valence-corrected chi connectivity index (χ1v) is 10.3. The van der Waals surface area contributed by atoms with Crippen LogP contribution in [0.3, 0.4) is 0 Å². The molecule has 0 saturated carbocycles. The van der Waals surface area contributed by atoms with E-state index in [9.17, 15) is 9.59 Å². The average Bonchev–Trinajstić information content (AvgIpc) is 3.12. The summed E-state index contributed by atoms with van der Waals surface area (Å²) in [4.78, 5) is 29.4. The van der Waals surface area contributed by atoms with Gasteiger partial charge in [-0.05, 0) is 33.6 Å². The molecule has 0 radical (unpaired) electrons. The molecule has 0 bridgehead atoms. The van der Waals surface area contributed by atoms with Gasteiger partial charge in [0.25, 0.3) is 0 Å². The fraction of sp³-hybridized carbons (Fsp3) is 0.381. The maximum Gasteiger partial charge on any atom is 0.410 e. The number of likely N-dealkylation sites (tertiary alicyclic amines) is 1. The summed E-state index contributed by atoms with van der Waals surface area (Å²) in [7, 11) is 0. The number of aliphatic carboxylic acids is 1. The van der Waals surface area contributed by atoms with E-state index in [2.05, 4.69) is 20.9 Å². The van der Waals surface area contributed by atoms with Crippen molar-refractivity contribution in [1.82, 2.24) is 9.88 Å². The Bertz CT molecular complexity index is 917. The Hall–Kier alpha value is -2.49. The second-order valence-corrected chi connectivity index (χ2v) is 8.50. The van der Waals surface area contributed by atoms with E-state index in [0.717, 1.165) is 10.0 Å². The number of hydrogen-bond donors (Lipinski definition) is 1. The van der Waals surface area contributed by atoms with Gasteiger partial charge >= 0.3 is 12.1 Å². The SMILES string of the molecule is O=C(O)COC1(c2ccc(Br)cn2)COC2(CN(C(=O)OCc3ccccc3)C2)C1. The van der Waals surface area contributed by atoms with Gasteiger partial charge in [0.2, 0.25) is 0 Å². The van der Waals surface area contributed by atoms with Crippen molar-refractivity contribution in [3.05, 3.63) is 64.4 Å². The van der Waals surface area contributed by atoms with E-state index in [1.54, 1.807) is 17.2 Å². The lowest BCUT2D eigenvalue weighted by Gasteiger charge is -2.46. The maximum atomic E-state index is 12.3. The second-order valence-electron chi connectivity index (χ2n) is 7.58. The van der Waals surface area contributed by atoms with Crippen LogP contribution in [-0.4, -0.2) is 59.0 Å². The standard InChI is InChI=1S/C21H21BrN2O6/c22-16-6-7-17(23-8-16)21(29-10-18(25)26)11-20(30-14-21)12-24(13-20)19(27)28-9-15-4-2-1-3-5-15/h1-8H,9-14H2,(H,25,26). The van der Waals surface area contributed by atoms with Crippen LogP contribution in [0.2, 0.25) is 0 Å². The lowest BCUT2D eigenvalue weighted by Crippen LogP contribution is -2.63. The zero-order valence-corrected chi connectivity index (χ0v) is 17.7. The third kappa shape index (κ3) is 4.33. The monoisotopic (exact) mass is 476 g/mol. The molecule has 0 aliphatic carbocycles. The van der Waals surface area contributed by atoms with Crippen LogP contribution in [0, 0.1) is 0 Å². The van der Waals surface area contributed by atoms with E-state index in [1.807, 2.05) is 36.4 Å². The number of carboxylic acid groups (broad SMARTS) is 1. The number of rotatable bonds is 6. The molecule has 9 heteroatoms. The number of carboxylic acids is 1. The Labute approximate surface area is 181 Å². The molecule has 2 saturated heterocycles. The molecule has 158 valence electrons. The molecule has 2 aliphatic rings. The van der Waals surface area contributed by atoms with Gasteiger partial charge in [-0.25, -0.2) is 9.59 Å². The van der Waals surface area contributed by atoms with Crippen molar-refractivity contribution < 1.29 is 28.9 Å². The number of halogens is 1. The molecule has 2 aliphatic heterocycles. The third-order valence-corrected chi connectivity index (χ3v) is 5.78. The van der Waals surface area contributed by atoms with Crippen molar-refractivity contribution in [2.24, 2.45) is 0 Å². The summed E-state index contributed by atoms with van der Waals surface area (Å²) in [5.74, 6) is -1.06. The van der Waals surface area contributed by atoms with Crippen molar-refractivity contribution >= 4 is 28.0 Å². The molecular weight excluding hydrogens is 456 g/mol. The minimum Gasteiger partial charge on any atom is -0.480 e. The van der Waals surface area contributed by atoms with Crippen LogP contribution in [0.5, 0.6) is 0 Å². The first-order valence-electron chi connectivity index (χ1n) is 9.47. The summed E-state index contributed by atoms with van der Waals surface area (Å²) in [6, 6.07) is 13.1. The Morgan fingerprint density at radius 2 is 1.97 bits per heavy atom. The predicted octanol–water partition coefficient (Wildman–Crippen LogP) is 2.95. The van der Waals surface area contributed by atoms with Crippen molar-refractivity contribution in [3.8, 4) is 0 Å². The molecule has 1 N–H and O–H groups in total. The van der Waals surface area contributed by atoms with E-state index in [1.165, 1.54) is 0 Å². The quantitative estimate of drug-likeness (QED) is 0.683. The van der Waals surface area contributed by atoms with E-state index in [-0.39, 0.29) is 13.2 Å². The number of pyridine rings is 1. The van der Waals surface area contributed by atoms with E-state index < -0.39 is 29.9 Å². The first kappa shape index (κ1) is 20.8. The van der Waals surface area contributed by atoms with Gasteiger partial charge in [-0.15, -0.1) is 0 Å². The minimum absolute atomic E-state index is 0.168. The molecule has 4 rings (SSSR count). The Kier molecular flexibility index (Phi) is 5.77. The molecule has 30 heavy (non-hydrogen) atoms. The lowest BCUT2D eigenvalue weighted by molar-refractivity contribution is -0.151. The Balaban J connectivity index is 1.39. The van der Waals surface area contributed by atoms with Gasteiger partial charge < -0.3 is 24.2 Å². The van der Waals surface area contributed by atoms with Crippen LogP contribution in [0.25, 0.3) is 0 Å². The van der Waals surface area contributed by atoms with Crippen molar-refractivity contribution in [2.75, 3.05) is 26.3 Å². The fourth-order valence-electron chi connectivity index (χ4n) is 3.86. The number of nitrogens with zero attached hydrogens (tertiary/aromatic N) is 2. The van der Waals surface area contributed by atoms with Crippen molar-refractivity contribution in [2.45, 2.75) is 24.2 Å². The Morgan fingerprint density at radius 3 is 2.63 bits per heavy atom. The van der Waals surface area contributed by atoms with Gasteiger partial charge in [0.1, 0.15) is 24.4 Å². The zero-order chi connectivity index (χ0) is 21.2. The van der Waals surface area contributed by atoms with Crippen LogP contribution in [-0.2, 0) is 31.2 Å². The largest absolute Gasteiger partial charge is 0.480 e. The normalized spacial score (nSPS) is 22.0. The summed E-state index contributed by atoms with van der Waals surface area (Å²) >= 11 is 3.35. The number of amides is 1. The molecule has 1 aromatic carbocycles. The third-order valence-electron chi connectivity index (χ3n) is 5.31. The minimum atomic E-state index is -1.06. The van der Waals surface area contributed by atoms with Crippen molar-refractivity contribution in [3.63, 3.8) is 0 Å². The highest BCUT2D eigenvalue weighted by Crippen LogP contribution is 2.46. The highest BCUT2D eigenvalue weighted by molar-refractivity contribution is 9.10. The summed E-state index contributed by atoms with van der Waals surface area (Å²) < 4.78 is 18.0. The summed E-state index contributed by atoms with van der Waals surface area (Å²) in [6.07, 6.45) is 1.64. The van der Waals surface area contributed by atoms with Gasteiger partial charge in [0.15, 0.2) is 0 Å². The lowest BCUT2D eigenvalue weighted by atomic mass is 9.83. The number of benzene rings is 1. The number of carbonyl (C=O) groups is 2. The van der Waals surface area contributed by atoms with E-state index in [4.69, 9.17) is 19.3 Å². The van der Waals surface area contributed by atoms with Gasteiger partial charge in [0.05, 0.1) is 25.4 Å². The van der Waals surface area contributed by atoms with E-state index in [0.29, 0.717) is 25.2 Å². The maximum absolute atomic E-state index is 12.3. The van der Waals surface area contributed by atoms with Gasteiger partial charge in [-0.1, -0.05) is 30.3 Å². The van der Waals surface area contributed by atoms with Crippen molar-refractivity contribution in [1.29, 1.82) is 0 Å². The van der Waals surface area contributed by atoms with Gasteiger partial charge in [-0.3, -0.25) is 4.98 Å². The fourth-order valence-corrected chi connectivity index (χ4v) is 4.10. The Morgan fingerprint density at radius 1 is 1.20 bits per heavy atom. The summed E-state index contributed by atoms with van der Waals surface area (Å²) in [6.45, 7) is 0.630. The average molecular weight is 477 g/mol. The number of hydrogen-bond acceptors (Lipinski definition) is 6. The molecular formula is C21H21BrN2O6. The predicted molar refractivity (Wildman–Crippen MR) is 109 cm³/mol. The van der Waals surface area contributed by atoms with Crippen LogP contribution in [0.4, 0.5) is 4.79 Å². The summed E-state index contributed by atoms with van der Waals surface area (Å²) in [5, 5.41) is 9.09. The molecule has 1 atom stereocenters. The molecule has 1 spiro atoms. The van der Waals surface area contributed by atoms with Crippen LogP contribution < -0.4 is 0 Å². The highest BCUT2D eigenvalue weighted by Gasteiger charge is 2.59. The van der Waals surface area contributed by atoms with Crippen LogP contribution in [0.1, 0.15) is 17.7 Å². The van der Waals surface area contributed by atoms with E-state index >= 15 is 0 Å². The first-order chi connectivity index (χ1) is 14.4. The zero-order valence-electron chi connectivity index (χ0n) is 16.1. The van der Waals surface area contributed by atoms with Gasteiger partial charge in [-0.2, -0.15) is 0 Å². The molecule has 3 heterocycles. The molecule has 1 aromatic heterocycles. The topological polar surface area (TPSA) is 98.2 Å². The van der Waals surface area contributed by atoms with Crippen LogP contribution >= 0.6 is 15.9 Å². The molecule has 2 aromatic rings. The van der Waals surface area contributed by atoms with Gasteiger partial charge in [0, 0.05) is 17.1 Å².